The van der Waals surface area contributed by atoms with E-state index in [-0.39, 0.29) is 17.3 Å². The first-order valence-corrected chi connectivity index (χ1v) is 6.94. The third-order valence-corrected chi connectivity index (χ3v) is 4.60. The van der Waals surface area contributed by atoms with Crippen molar-refractivity contribution in [2.75, 3.05) is 18.0 Å². The maximum absolute atomic E-state index is 13.6. The van der Waals surface area contributed by atoms with Gasteiger partial charge in [0.15, 0.2) is 0 Å². The van der Waals surface area contributed by atoms with Crippen LogP contribution in [0.15, 0.2) is 18.2 Å². The van der Waals surface area contributed by atoms with Gasteiger partial charge in [0.2, 0.25) is 0 Å². The lowest BCUT2D eigenvalue weighted by atomic mass is 9.88. The molecule has 3 heteroatoms. The SMILES string of the molecule is CC(N)C1(c2ccc(F)cc2N2CCCC2)CC1. The molecule has 1 unspecified atom stereocenters. The van der Waals surface area contributed by atoms with Crippen molar-refractivity contribution < 1.29 is 4.39 Å². The van der Waals surface area contributed by atoms with Crippen LogP contribution >= 0.6 is 0 Å². The zero-order valence-corrected chi connectivity index (χ0v) is 11.0. The van der Waals surface area contributed by atoms with E-state index in [2.05, 4.69) is 11.8 Å². The van der Waals surface area contributed by atoms with Crippen LogP contribution in [-0.4, -0.2) is 19.1 Å². The second-order valence-corrected chi connectivity index (χ2v) is 5.80. The van der Waals surface area contributed by atoms with E-state index in [9.17, 15) is 4.39 Å². The highest BCUT2D eigenvalue weighted by molar-refractivity contribution is 5.60. The number of nitrogens with zero attached hydrogens (tertiary/aromatic N) is 1. The van der Waals surface area contributed by atoms with Gasteiger partial charge < -0.3 is 10.6 Å². The summed E-state index contributed by atoms with van der Waals surface area (Å²) in [5, 5.41) is 0. The molecule has 18 heavy (non-hydrogen) atoms. The first kappa shape index (κ1) is 12.0. The minimum Gasteiger partial charge on any atom is -0.371 e. The number of hydrogen-bond donors (Lipinski definition) is 1. The highest BCUT2D eigenvalue weighted by Gasteiger charge is 2.49. The van der Waals surface area contributed by atoms with Crippen LogP contribution in [0.1, 0.15) is 38.2 Å². The Balaban J connectivity index is 2.03. The molecule has 1 saturated heterocycles. The first-order chi connectivity index (χ1) is 8.63. The fourth-order valence-corrected chi connectivity index (χ4v) is 3.25. The molecule has 1 aromatic carbocycles. The fourth-order valence-electron chi connectivity index (χ4n) is 3.25. The lowest BCUT2D eigenvalue weighted by Gasteiger charge is -2.28. The normalized spacial score (nSPS) is 23.2. The summed E-state index contributed by atoms with van der Waals surface area (Å²) in [6.07, 6.45) is 4.69. The Labute approximate surface area is 108 Å². The molecule has 0 amide bonds. The number of benzene rings is 1. The molecule has 1 atom stereocenters. The second-order valence-electron chi connectivity index (χ2n) is 5.80. The molecule has 1 aliphatic carbocycles. The van der Waals surface area contributed by atoms with Crippen molar-refractivity contribution in [3.8, 4) is 0 Å². The molecule has 3 rings (SSSR count). The van der Waals surface area contributed by atoms with Crippen molar-refractivity contribution >= 4 is 5.69 Å². The summed E-state index contributed by atoms with van der Waals surface area (Å²) in [5.74, 6) is -0.138. The second kappa shape index (κ2) is 4.23. The van der Waals surface area contributed by atoms with Crippen LogP contribution in [0.3, 0.4) is 0 Å². The Hall–Kier alpha value is -1.09. The Morgan fingerprint density at radius 2 is 1.94 bits per heavy atom. The van der Waals surface area contributed by atoms with Gasteiger partial charge in [-0.1, -0.05) is 6.07 Å². The van der Waals surface area contributed by atoms with Gasteiger partial charge in [0.25, 0.3) is 0 Å². The van der Waals surface area contributed by atoms with Gasteiger partial charge in [0.1, 0.15) is 5.82 Å². The fraction of sp³-hybridized carbons (Fsp3) is 0.600. The average Bonchev–Trinajstić information content (AvgIpc) is 2.98. The molecule has 1 saturated carbocycles. The minimum absolute atomic E-state index is 0.103. The van der Waals surface area contributed by atoms with Gasteiger partial charge in [-0.2, -0.15) is 0 Å². The highest BCUT2D eigenvalue weighted by atomic mass is 19.1. The summed E-state index contributed by atoms with van der Waals surface area (Å²) >= 11 is 0. The van der Waals surface area contributed by atoms with Gasteiger partial charge in [0, 0.05) is 30.2 Å². The molecule has 1 heterocycles. The van der Waals surface area contributed by atoms with Gasteiger partial charge in [0.05, 0.1) is 0 Å². The predicted molar refractivity (Wildman–Crippen MR) is 72.4 cm³/mol. The molecule has 1 aliphatic heterocycles. The summed E-state index contributed by atoms with van der Waals surface area (Å²) in [6.45, 7) is 4.17. The Morgan fingerprint density at radius 1 is 1.28 bits per heavy atom. The summed E-state index contributed by atoms with van der Waals surface area (Å²) in [4.78, 5) is 2.32. The van der Waals surface area contributed by atoms with Gasteiger partial charge in [-0.25, -0.2) is 4.39 Å². The van der Waals surface area contributed by atoms with E-state index in [0.717, 1.165) is 31.6 Å². The van der Waals surface area contributed by atoms with Gasteiger partial charge >= 0.3 is 0 Å². The van der Waals surface area contributed by atoms with E-state index in [4.69, 9.17) is 5.73 Å². The average molecular weight is 248 g/mol. The summed E-state index contributed by atoms with van der Waals surface area (Å²) in [5.41, 5.74) is 8.61. The van der Waals surface area contributed by atoms with Gasteiger partial charge in [-0.3, -0.25) is 0 Å². The molecule has 0 radical (unpaired) electrons. The Kier molecular flexibility index (Phi) is 2.81. The van der Waals surface area contributed by atoms with E-state index in [1.165, 1.54) is 18.4 Å². The van der Waals surface area contributed by atoms with Crippen molar-refractivity contribution in [3.63, 3.8) is 0 Å². The summed E-state index contributed by atoms with van der Waals surface area (Å²) in [7, 11) is 0. The molecule has 1 aromatic rings. The van der Waals surface area contributed by atoms with Crippen molar-refractivity contribution in [1.82, 2.24) is 0 Å². The van der Waals surface area contributed by atoms with Crippen LogP contribution in [0.2, 0.25) is 0 Å². The number of halogens is 1. The molecule has 0 aromatic heterocycles. The quantitative estimate of drug-likeness (QED) is 0.891. The molecule has 2 aliphatic rings. The molecule has 0 bridgehead atoms. The van der Waals surface area contributed by atoms with Crippen LogP contribution in [-0.2, 0) is 5.41 Å². The van der Waals surface area contributed by atoms with Crippen molar-refractivity contribution in [2.24, 2.45) is 5.73 Å². The zero-order valence-electron chi connectivity index (χ0n) is 11.0. The number of anilines is 1. The molecule has 98 valence electrons. The monoisotopic (exact) mass is 248 g/mol. The zero-order chi connectivity index (χ0) is 12.8. The van der Waals surface area contributed by atoms with E-state index in [0.29, 0.717) is 0 Å². The third-order valence-electron chi connectivity index (χ3n) is 4.60. The van der Waals surface area contributed by atoms with Gasteiger partial charge in [-0.05, 0) is 50.3 Å². The van der Waals surface area contributed by atoms with Crippen molar-refractivity contribution in [3.05, 3.63) is 29.6 Å². The van der Waals surface area contributed by atoms with Gasteiger partial charge in [-0.15, -0.1) is 0 Å². The smallest absolute Gasteiger partial charge is 0.125 e. The Bertz CT molecular complexity index is 446. The highest BCUT2D eigenvalue weighted by Crippen LogP contribution is 2.53. The summed E-state index contributed by atoms with van der Waals surface area (Å²) < 4.78 is 13.6. The van der Waals surface area contributed by atoms with E-state index >= 15 is 0 Å². The maximum Gasteiger partial charge on any atom is 0.125 e. The molecule has 2 nitrogen and oxygen atoms in total. The predicted octanol–water partition coefficient (Wildman–Crippen LogP) is 2.80. The topological polar surface area (TPSA) is 29.3 Å². The number of nitrogens with two attached hydrogens (primary N) is 1. The van der Waals surface area contributed by atoms with Crippen LogP contribution in [0.5, 0.6) is 0 Å². The van der Waals surface area contributed by atoms with Crippen LogP contribution in [0.4, 0.5) is 10.1 Å². The molecule has 2 N–H and O–H groups in total. The lowest BCUT2D eigenvalue weighted by Crippen LogP contribution is -2.33. The van der Waals surface area contributed by atoms with Crippen molar-refractivity contribution in [2.45, 2.75) is 44.1 Å². The van der Waals surface area contributed by atoms with E-state index < -0.39 is 0 Å². The van der Waals surface area contributed by atoms with Crippen LogP contribution in [0, 0.1) is 5.82 Å². The molecular formula is C15H21FN2. The maximum atomic E-state index is 13.6. The summed E-state index contributed by atoms with van der Waals surface area (Å²) in [6, 6.07) is 5.38. The minimum atomic E-state index is -0.138. The van der Waals surface area contributed by atoms with E-state index in [1.807, 2.05) is 6.07 Å². The first-order valence-electron chi connectivity index (χ1n) is 6.94. The number of rotatable bonds is 3. The number of hydrogen-bond acceptors (Lipinski definition) is 2. The largest absolute Gasteiger partial charge is 0.371 e. The van der Waals surface area contributed by atoms with Crippen molar-refractivity contribution in [1.29, 1.82) is 0 Å². The standard InChI is InChI=1S/C15H21FN2/c1-11(17)15(6-7-15)13-5-4-12(16)10-14(13)18-8-2-3-9-18/h4-5,10-11H,2-3,6-9,17H2,1H3. The lowest BCUT2D eigenvalue weighted by molar-refractivity contribution is 0.552. The molecular weight excluding hydrogens is 227 g/mol. The Morgan fingerprint density at radius 3 is 2.50 bits per heavy atom. The van der Waals surface area contributed by atoms with E-state index in [1.54, 1.807) is 12.1 Å². The van der Waals surface area contributed by atoms with Crippen LogP contribution < -0.4 is 10.6 Å². The third kappa shape index (κ3) is 1.81. The molecule has 2 fully saturated rings. The van der Waals surface area contributed by atoms with Crippen LogP contribution in [0.25, 0.3) is 0 Å². The molecule has 0 spiro atoms.